The Hall–Kier alpha value is -0.720. The van der Waals surface area contributed by atoms with Gasteiger partial charge in [0.15, 0.2) is 6.10 Å². The molecule has 8 heteroatoms. The number of carbonyl (C=O) groups is 1. The molecule has 1 atom stereocenters. The van der Waals surface area contributed by atoms with Gasteiger partial charge < -0.3 is 10.5 Å². The zero-order valence-corrected chi connectivity index (χ0v) is 13.8. The molecule has 2 N–H and O–H groups in total. The van der Waals surface area contributed by atoms with Crippen LogP contribution in [0.2, 0.25) is 10.0 Å². The number of pyridine rings is 1. The number of nitrogens with two attached hydrogens (primary N) is 1. The maximum Gasteiger partial charge on any atom is 0.238 e. The van der Waals surface area contributed by atoms with Gasteiger partial charge in [0.2, 0.25) is 16.9 Å². The van der Waals surface area contributed by atoms with Crippen LogP contribution in [0.15, 0.2) is 0 Å². The number of nitrogens with zero attached hydrogens (tertiary/aromatic N) is 1. The number of hydrogen-bond acceptors (Lipinski definition) is 5. The summed E-state index contributed by atoms with van der Waals surface area (Å²) < 4.78 is 18.4. The molecule has 0 aromatic carbocycles. The predicted octanol–water partition coefficient (Wildman–Crippen LogP) is 3.94. The smallest absolute Gasteiger partial charge is 0.238 e. The third-order valence-corrected chi connectivity index (χ3v) is 3.94. The first-order chi connectivity index (χ1) is 9.03. The summed E-state index contributed by atoms with van der Waals surface area (Å²) in [5.74, 6) is -1.24. The summed E-state index contributed by atoms with van der Waals surface area (Å²) in [6.45, 7) is 7.22. The van der Waals surface area contributed by atoms with Crippen molar-refractivity contribution in [1.29, 1.82) is 0 Å². The fraction of sp³-hybridized carbons (Fsp3) is 0.500. The molecule has 4 nitrogen and oxygen atoms in total. The van der Waals surface area contributed by atoms with E-state index in [0.717, 1.165) is 11.8 Å². The highest BCUT2D eigenvalue weighted by Crippen LogP contribution is 2.36. The van der Waals surface area contributed by atoms with Crippen molar-refractivity contribution in [2.75, 3.05) is 5.73 Å². The number of thioether (sulfide) groups is 1. The average molecular weight is 341 g/mol. The topological polar surface area (TPSA) is 65.2 Å². The van der Waals surface area contributed by atoms with Crippen LogP contribution < -0.4 is 10.5 Å². The standard InChI is InChI=1S/C12H15Cl2FN2O2S/c1-5(11(18)20-12(2,3)4)19-10-7(14)8(16)6(13)9(15)17-10/h5H,1-4H3,(H2,16,17)/t5-/m1/s1. The predicted molar refractivity (Wildman–Crippen MR) is 81.1 cm³/mol. The number of anilines is 1. The number of halogens is 3. The largest absolute Gasteiger partial charge is 0.464 e. The number of carbonyl (C=O) groups excluding carboxylic acids is 1. The Morgan fingerprint density at radius 2 is 1.95 bits per heavy atom. The molecular weight excluding hydrogens is 326 g/mol. The molecule has 0 bridgehead atoms. The van der Waals surface area contributed by atoms with E-state index >= 15 is 0 Å². The molecule has 0 unspecified atom stereocenters. The molecule has 0 aliphatic heterocycles. The van der Waals surface area contributed by atoms with Crippen molar-refractivity contribution in [2.45, 2.75) is 38.5 Å². The SMILES string of the molecule is C[C@@H](Oc1nc(F)c(Cl)c(N)c1Cl)C(=O)SC(C)(C)C. The number of rotatable bonds is 3. The number of aromatic nitrogens is 1. The molecule has 0 amide bonds. The molecule has 0 fully saturated rings. The second kappa shape index (κ2) is 6.37. The van der Waals surface area contributed by atoms with Crippen molar-refractivity contribution in [1.82, 2.24) is 4.98 Å². The van der Waals surface area contributed by atoms with Gasteiger partial charge in [-0.05, 0) is 6.92 Å². The van der Waals surface area contributed by atoms with Crippen LogP contribution in [0.5, 0.6) is 5.88 Å². The molecule has 0 spiro atoms. The van der Waals surface area contributed by atoms with Crippen LogP contribution in [0.4, 0.5) is 10.1 Å². The fourth-order valence-electron chi connectivity index (χ4n) is 1.19. The van der Waals surface area contributed by atoms with Crippen molar-refractivity contribution in [3.05, 3.63) is 16.0 Å². The van der Waals surface area contributed by atoms with E-state index in [1.165, 1.54) is 6.92 Å². The quantitative estimate of drug-likeness (QED) is 0.844. The van der Waals surface area contributed by atoms with Crippen molar-refractivity contribution in [3.8, 4) is 5.88 Å². The molecule has 0 saturated heterocycles. The number of ether oxygens (including phenoxy) is 1. The Morgan fingerprint density at radius 1 is 1.40 bits per heavy atom. The molecule has 1 heterocycles. The summed E-state index contributed by atoms with van der Waals surface area (Å²) in [5, 5.41) is -0.702. The number of nitrogen functional groups attached to an aromatic ring is 1. The molecular formula is C12H15Cl2FN2O2S. The lowest BCUT2D eigenvalue weighted by Crippen LogP contribution is -2.26. The minimum atomic E-state index is -0.994. The normalized spacial score (nSPS) is 13.2. The van der Waals surface area contributed by atoms with Gasteiger partial charge in [-0.3, -0.25) is 4.79 Å². The average Bonchev–Trinajstić information content (AvgIpc) is 2.31. The summed E-state index contributed by atoms with van der Waals surface area (Å²) in [6, 6.07) is 0. The van der Waals surface area contributed by atoms with Gasteiger partial charge in [0.1, 0.15) is 10.0 Å². The first-order valence-electron chi connectivity index (χ1n) is 5.72. The first-order valence-corrected chi connectivity index (χ1v) is 7.29. The van der Waals surface area contributed by atoms with Crippen molar-refractivity contribution < 1.29 is 13.9 Å². The van der Waals surface area contributed by atoms with Crippen molar-refractivity contribution in [2.24, 2.45) is 0 Å². The Morgan fingerprint density at radius 3 is 2.45 bits per heavy atom. The van der Waals surface area contributed by atoms with Gasteiger partial charge in [0, 0.05) is 4.75 Å². The molecule has 20 heavy (non-hydrogen) atoms. The lowest BCUT2D eigenvalue weighted by atomic mass is 10.3. The summed E-state index contributed by atoms with van der Waals surface area (Å²) in [4.78, 5) is 15.4. The van der Waals surface area contributed by atoms with Gasteiger partial charge in [0.25, 0.3) is 0 Å². The second-order valence-corrected chi connectivity index (χ2v) is 7.63. The monoisotopic (exact) mass is 340 g/mol. The van der Waals surface area contributed by atoms with E-state index in [-0.39, 0.29) is 31.5 Å². The Labute approximate surface area is 131 Å². The van der Waals surface area contributed by atoms with Gasteiger partial charge in [-0.2, -0.15) is 9.37 Å². The van der Waals surface area contributed by atoms with E-state index < -0.39 is 12.1 Å². The van der Waals surface area contributed by atoms with E-state index in [9.17, 15) is 9.18 Å². The summed E-state index contributed by atoms with van der Waals surface area (Å²) in [5.41, 5.74) is 5.36. The molecule has 1 rings (SSSR count). The van der Waals surface area contributed by atoms with E-state index in [1.54, 1.807) is 0 Å². The van der Waals surface area contributed by atoms with Crippen molar-refractivity contribution in [3.63, 3.8) is 0 Å². The Kier molecular flexibility index (Phi) is 5.52. The molecule has 0 aliphatic rings. The fourth-order valence-corrected chi connectivity index (χ4v) is 2.37. The zero-order chi connectivity index (χ0) is 15.7. The molecule has 0 aliphatic carbocycles. The second-order valence-electron chi connectivity index (χ2n) is 5.04. The van der Waals surface area contributed by atoms with Gasteiger partial charge in [-0.25, -0.2) is 0 Å². The molecule has 0 radical (unpaired) electrons. The molecule has 1 aromatic rings. The van der Waals surface area contributed by atoms with E-state index in [4.69, 9.17) is 33.7 Å². The number of hydrogen-bond donors (Lipinski definition) is 1. The van der Waals surface area contributed by atoms with Crippen LogP contribution in [0.3, 0.4) is 0 Å². The summed E-state index contributed by atoms with van der Waals surface area (Å²) >= 11 is 12.6. The van der Waals surface area contributed by atoms with Gasteiger partial charge in [-0.15, -0.1) is 0 Å². The van der Waals surface area contributed by atoms with Crippen LogP contribution >= 0.6 is 35.0 Å². The molecule has 112 valence electrons. The van der Waals surface area contributed by atoms with Crippen molar-refractivity contribution >= 4 is 45.8 Å². The summed E-state index contributed by atoms with van der Waals surface area (Å²) in [6.07, 6.45) is -0.843. The lowest BCUT2D eigenvalue weighted by molar-refractivity contribution is -0.116. The maximum absolute atomic E-state index is 13.4. The first kappa shape index (κ1) is 17.3. The van der Waals surface area contributed by atoms with E-state index in [1.807, 2.05) is 20.8 Å². The van der Waals surface area contributed by atoms with E-state index in [2.05, 4.69) is 4.98 Å². The van der Waals surface area contributed by atoms with Gasteiger partial charge >= 0.3 is 0 Å². The van der Waals surface area contributed by atoms with Crippen LogP contribution in [-0.4, -0.2) is 21.0 Å². The third-order valence-electron chi connectivity index (χ3n) is 2.07. The summed E-state index contributed by atoms with van der Waals surface area (Å²) in [7, 11) is 0. The molecule has 0 saturated carbocycles. The van der Waals surface area contributed by atoms with Crippen LogP contribution in [0, 0.1) is 5.95 Å². The Bertz CT molecular complexity index is 535. The van der Waals surface area contributed by atoms with Gasteiger partial charge in [0.05, 0.1) is 5.69 Å². The Balaban J connectivity index is 2.92. The minimum Gasteiger partial charge on any atom is -0.464 e. The van der Waals surface area contributed by atoms with Crippen LogP contribution in [-0.2, 0) is 4.79 Å². The third kappa shape index (κ3) is 4.40. The lowest BCUT2D eigenvalue weighted by Gasteiger charge is -2.20. The maximum atomic E-state index is 13.4. The molecule has 1 aromatic heterocycles. The van der Waals surface area contributed by atoms with Crippen LogP contribution in [0.25, 0.3) is 0 Å². The van der Waals surface area contributed by atoms with Crippen LogP contribution in [0.1, 0.15) is 27.7 Å². The highest BCUT2D eigenvalue weighted by atomic mass is 35.5. The highest BCUT2D eigenvalue weighted by molar-refractivity contribution is 8.14. The van der Waals surface area contributed by atoms with Gasteiger partial charge in [-0.1, -0.05) is 55.7 Å². The minimum absolute atomic E-state index is 0.114. The highest BCUT2D eigenvalue weighted by Gasteiger charge is 2.25. The van der Waals surface area contributed by atoms with E-state index in [0.29, 0.717) is 0 Å². The zero-order valence-electron chi connectivity index (χ0n) is 11.5.